The predicted octanol–water partition coefficient (Wildman–Crippen LogP) is 12.9. The molecule has 0 radical (unpaired) electrons. The zero-order chi connectivity index (χ0) is 53.7. The summed E-state index contributed by atoms with van der Waals surface area (Å²) in [4.78, 5) is 0. The Labute approximate surface area is 382 Å². The summed E-state index contributed by atoms with van der Waals surface area (Å²) in [6.07, 6.45) is -50.8. The summed E-state index contributed by atoms with van der Waals surface area (Å²) in [5, 5.41) is 9.12. The van der Waals surface area contributed by atoms with Crippen molar-refractivity contribution >= 4 is 28.0 Å². The summed E-state index contributed by atoms with van der Waals surface area (Å²) >= 11 is 0. The Hall–Kier alpha value is -6.57. The van der Waals surface area contributed by atoms with E-state index in [1.54, 1.807) is 12.1 Å². The highest BCUT2D eigenvalue weighted by Crippen LogP contribution is 2.41. The van der Waals surface area contributed by atoms with E-state index in [9.17, 15) is 105 Å². The lowest BCUT2D eigenvalue weighted by Crippen LogP contribution is -2.75. The van der Waals surface area contributed by atoms with Gasteiger partial charge in [-0.15, -0.1) is 0 Å². The third-order valence-corrected chi connectivity index (χ3v) is 10.5. The van der Waals surface area contributed by atoms with Crippen LogP contribution in [0.2, 0.25) is 0 Å². The van der Waals surface area contributed by atoms with Crippen LogP contribution in [0, 0.1) is 0 Å². The van der Waals surface area contributed by atoms with E-state index in [-0.39, 0.29) is 0 Å². The average Bonchev–Trinajstić information content (AvgIpc) is 3.22. The molecule has 27 heteroatoms. The minimum Gasteiger partial charge on any atom is -0.508 e. The van der Waals surface area contributed by atoms with Crippen molar-refractivity contribution in [3.05, 3.63) is 178 Å². The first kappa shape index (κ1) is 55.4. The van der Waals surface area contributed by atoms with E-state index >= 15 is 0 Å². The molecule has 1 N–H and O–H groups in total. The molecule has 0 spiro atoms. The second-order valence-electron chi connectivity index (χ2n) is 15.4. The van der Waals surface area contributed by atoms with Gasteiger partial charge in [-0.2, -0.15) is 127 Å². The van der Waals surface area contributed by atoms with Crippen molar-refractivity contribution in [1.82, 2.24) is 0 Å². The fourth-order valence-electron chi connectivity index (χ4n) is 7.42. The summed E-state index contributed by atoms with van der Waals surface area (Å²) in [7, 11) is 0. The Morgan fingerprint density at radius 1 is 0.310 bits per heavy atom. The molecule has 5 aromatic carbocycles. The van der Waals surface area contributed by atoms with E-state index in [1.165, 1.54) is 5.56 Å². The summed E-state index contributed by atoms with van der Waals surface area (Å²) in [6, 6.07) is 4.45. The molecule has 0 aliphatic heterocycles. The first-order valence-electron chi connectivity index (χ1n) is 19.2. The molecular formula is C44H24BF24NO. The van der Waals surface area contributed by atoms with Crippen molar-refractivity contribution in [2.24, 2.45) is 0 Å². The number of aromatic hydroxyl groups is 1. The van der Waals surface area contributed by atoms with Crippen molar-refractivity contribution in [3.63, 3.8) is 0 Å². The molecule has 382 valence electrons. The Morgan fingerprint density at radius 3 is 0.718 bits per heavy atom. The average molecular weight is 1050 g/mol. The number of hydrogen-bond donors (Lipinski definition) is 1. The highest BCUT2D eigenvalue weighted by Gasteiger charge is 2.47. The molecule has 0 saturated carbocycles. The van der Waals surface area contributed by atoms with Crippen molar-refractivity contribution < 1.29 is 115 Å². The molecule has 0 bridgehead atoms. The van der Waals surface area contributed by atoms with E-state index in [0.717, 1.165) is 6.54 Å². The first-order chi connectivity index (χ1) is 32.1. The molecule has 0 saturated heterocycles. The molecule has 6 rings (SSSR count). The number of benzene rings is 5. The van der Waals surface area contributed by atoms with E-state index in [4.69, 9.17) is 5.11 Å². The summed E-state index contributed by atoms with van der Waals surface area (Å²) in [5.41, 5.74) is -29.0. The van der Waals surface area contributed by atoms with Gasteiger partial charge in [0.25, 0.3) is 0 Å². The second-order valence-corrected chi connectivity index (χ2v) is 15.4. The largest absolute Gasteiger partial charge is 0.508 e. The fourth-order valence-corrected chi connectivity index (χ4v) is 7.42. The van der Waals surface area contributed by atoms with E-state index < -0.39 is 195 Å². The number of alkyl halides is 24. The van der Waals surface area contributed by atoms with Crippen LogP contribution in [0.1, 0.15) is 50.1 Å². The molecule has 0 amide bonds. The van der Waals surface area contributed by atoms with E-state index in [1.807, 2.05) is 42.7 Å². The van der Waals surface area contributed by atoms with Gasteiger partial charge in [0.1, 0.15) is 11.9 Å². The summed E-state index contributed by atoms with van der Waals surface area (Å²) < 4.78 is 343. The normalized spacial score (nSPS) is 13.5. The van der Waals surface area contributed by atoms with Crippen LogP contribution in [-0.2, 0) is 56.0 Å². The van der Waals surface area contributed by atoms with Crippen molar-refractivity contribution in [2.45, 2.75) is 56.0 Å². The summed E-state index contributed by atoms with van der Waals surface area (Å²) in [6.45, 7) is 0.834. The maximum atomic E-state index is 14.2. The first-order valence-corrected chi connectivity index (χ1v) is 19.2. The number of phenolic OH excluding ortho intramolecular Hbond substituents is 1. The Morgan fingerprint density at radius 2 is 0.521 bits per heavy atom. The standard InChI is InChI=1S/C32H12BF24.C12H11NO/c34-25(35,36)13-1-14(26(37,38)39)6-21(5-13)33(22-7-15(27(40,41)42)2-16(8-22)28(43,44)45,23-9-17(29(46,47)48)3-18(10-23)30(49,50)51)24-11-19(31(52,53)54)4-20(12-24)32(55,56)57;14-12-6-4-11(5-7-12)10-13-8-2-1-3-9-13/h1-12H;1-9H,10H2/q-1;/p+1. The third-order valence-electron chi connectivity index (χ3n) is 10.5. The molecule has 71 heavy (non-hydrogen) atoms. The number of phenols is 1. The quantitative estimate of drug-likeness (QED) is 0.100. The van der Waals surface area contributed by atoms with Crippen LogP contribution in [-0.4, -0.2) is 11.3 Å². The highest BCUT2D eigenvalue weighted by atomic mass is 19.4. The fraction of sp³-hybridized carbons (Fsp3) is 0.205. The number of pyridine rings is 1. The lowest BCUT2D eigenvalue weighted by atomic mass is 9.12. The smallest absolute Gasteiger partial charge is 0.416 e. The topological polar surface area (TPSA) is 24.1 Å². The number of nitrogens with zero attached hydrogens (tertiary/aromatic N) is 1. The monoisotopic (exact) mass is 1050 g/mol. The summed E-state index contributed by atoms with van der Waals surface area (Å²) in [5.74, 6) is 0.312. The van der Waals surface area contributed by atoms with Gasteiger partial charge < -0.3 is 5.11 Å². The maximum absolute atomic E-state index is 14.2. The van der Waals surface area contributed by atoms with Gasteiger partial charge in [-0.05, 0) is 48.5 Å². The zero-order valence-corrected chi connectivity index (χ0v) is 34.4. The van der Waals surface area contributed by atoms with Crippen LogP contribution in [0.15, 0.2) is 128 Å². The van der Waals surface area contributed by atoms with Crippen LogP contribution in [0.3, 0.4) is 0 Å². The Balaban J connectivity index is 0.000000569. The van der Waals surface area contributed by atoms with Gasteiger partial charge in [0, 0.05) is 17.7 Å². The van der Waals surface area contributed by atoms with Crippen molar-refractivity contribution in [1.29, 1.82) is 0 Å². The lowest BCUT2D eigenvalue weighted by Gasteiger charge is -2.46. The second kappa shape index (κ2) is 18.9. The Kier molecular flexibility index (Phi) is 14.7. The van der Waals surface area contributed by atoms with Gasteiger partial charge in [-0.3, -0.25) is 0 Å². The molecule has 0 aliphatic carbocycles. The maximum Gasteiger partial charge on any atom is 0.416 e. The molecule has 0 unspecified atom stereocenters. The minimum atomic E-state index is -6.13. The third kappa shape index (κ3) is 13.1. The van der Waals surface area contributed by atoms with Crippen LogP contribution in [0.4, 0.5) is 105 Å². The Bertz CT molecular complexity index is 2400. The SMILES string of the molecule is FC(F)(F)c1cc([B-](c2cc(C(F)(F)F)cc(C(F)(F)F)c2)(c2cc(C(F)(F)F)cc(C(F)(F)F)c2)c2cc(C(F)(F)F)cc(C(F)(F)F)c2)cc(C(F)(F)F)c1.Oc1ccc(C[n+]2ccccc2)cc1. The molecule has 0 aliphatic rings. The zero-order valence-electron chi connectivity index (χ0n) is 34.4. The molecule has 0 fully saturated rings. The minimum absolute atomic E-state index is 0.312. The van der Waals surface area contributed by atoms with Gasteiger partial charge in [-0.25, -0.2) is 4.57 Å². The van der Waals surface area contributed by atoms with Gasteiger partial charge in [-0.1, -0.05) is 54.6 Å². The van der Waals surface area contributed by atoms with E-state index in [0.29, 0.717) is 5.75 Å². The van der Waals surface area contributed by atoms with Gasteiger partial charge in [0.05, 0.1) is 44.5 Å². The van der Waals surface area contributed by atoms with Crippen LogP contribution < -0.4 is 26.4 Å². The highest BCUT2D eigenvalue weighted by molar-refractivity contribution is 7.20. The van der Waals surface area contributed by atoms with Crippen LogP contribution in [0.25, 0.3) is 0 Å². The number of aromatic nitrogens is 1. The number of hydrogen-bond acceptors (Lipinski definition) is 1. The van der Waals surface area contributed by atoms with Gasteiger partial charge >= 0.3 is 49.4 Å². The van der Waals surface area contributed by atoms with Crippen molar-refractivity contribution in [3.8, 4) is 5.75 Å². The van der Waals surface area contributed by atoms with E-state index in [2.05, 4.69) is 4.57 Å². The van der Waals surface area contributed by atoms with Crippen molar-refractivity contribution in [2.75, 3.05) is 0 Å². The van der Waals surface area contributed by atoms with Crippen LogP contribution >= 0.6 is 0 Å². The number of halogens is 24. The van der Waals surface area contributed by atoms with Gasteiger partial charge in [0.15, 0.2) is 18.9 Å². The molecule has 0 atom stereocenters. The molecular weight excluding hydrogens is 1030 g/mol. The molecule has 2 nitrogen and oxygen atoms in total. The van der Waals surface area contributed by atoms with Crippen LogP contribution in [0.5, 0.6) is 5.75 Å². The number of rotatable bonds is 6. The lowest BCUT2D eigenvalue weighted by molar-refractivity contribution is -0.688. The molecule has 1 heterocycles. The molecule has 6 aromatic rings. The van der Waals surface area contributed by atoms with Gasteiger partial charge in [0.2, 0.25) is 0 Å². The molecule has 1 aromatic heterocycles. The predicted molar refractivity (Wildman–Crippen MR) is 204 cm³/mol.